The van der Waals surface area contributed by atoms with Crippen molar-refractivity contribution in [3.63, 3.8) is 0 Å². The van der Waals surface area contributed by atoms with E-state index in [4.69, 9.17) is 5.73 Å². The topological polar surface area (TPSA) is 86.8 Å². The van der Waals surface area contributed by atoms with E-state index in [9.17, 15) is 4.79 Å². The smallest absolute Gasteiger partial charge is 0.224 e. The summed E-state index contributed by atoms with van der Waals surface area (Å²) >= 11 is 0. The van der Waals surface area contributed by atoms with Crippen molar-refractivity contribution in [2.75, 3.05) is 44.2 Å². The van der Waals surface area contributed by atoms with Crippen LogP contribution in [0.15, 0.2) is 29.4 Å². The Kier molecular flexibility index (Phi) is 7.50. The maximum absolute atomic E-state index is 12.3. The lowest BCUT2D eigenvalue weighted by Crippen LogP contribution is -2.49. The van der Waals surface area contributed by atoms with E-state index < -0.39 is 0 Å². The average molecular weight is 346 g/mol. The average Bonchev–Trinajstić information content (AvgIpc) is 2.62. The summed E-state index contributed by atoms with van der Waals surface area (Å²) in [5, 5.41) is 3.02. The molecule has 1 saturated heterocycles. The first-order valence-electron chi connectivity index (χ1n) is 9.04. The molecule has 0 radical (unpaired) electrons. The third-order valence-electron chi connectivity index (χ3n) is 4.24. The van der Waals surface area contributed by atoms with Gasteiger partial charge in [-0.05, 0) is 24.5 Å². The predicted octanol–water partition coefficient (Wildman–Crippen LogP) is 1.07. The number of nitrogens with zero attached hydrogens (tertiary/aromatic N) is 4. The molecule has 0 aliphatic carbocycles. The molecule has 1 aromatic rings. The van der Waals surface area contributed by atoms with E-state index in [2.05, 4.69) is 34.0 Å². The Bertz CT molecular complexity index is 552. The predicted molar refractivity (Wildman–Crippen MR) is 102 cm³/mol. The second-order valence-electron chi connectivity index (χ2n) is 6.68. The van der Waals surface area contributed by atoms with E-state index in [1.54, 1.807) is 6.20 Å². The number of hydrogen-bond acceptors (Lipinski definition) is 4. The normalized spacial score (nSPS) is 15.6. The number of aromatic nitrogens is 1. The SMILES string of the molecule is CC(C)CCN=C(N)NCCC(=O)N1CCN(c2ccccn2)CC1. The van der Waals surface area contributed by atoms with Crippen molar-refractivity contribution in [2.24, 2.45) is 16.6 Å². The van der Waals surface area contributed by atoms with Crippen LogP contribution in [-0.4, -0.2) is 61.0 Å². The van der Waals surface area contributed by atoms with Gasteiger partial charge in [0, 0.05) is 51.9 Å². The van der Waals surface area contributed by atoms with Crippen molar-refractivity contribution in [3.05, 3.63) is 24.4 Å². The number of aliphatic imine (C=N–C) groups is 1. The number of pyridine rings is 1. The monoisotopic (exact) mass is 346 g/mol. The molecule has 0 aromatic carbocycles. The molecular weight excluding hydrogens is 316 g/mol. The first-order valence-corrected chi connectivity index (χ1v) is 9.04. The van der Waals surface area contributed by atoms with Gasteiger partial charge in [0.1, 0.15) is 5.82 Å². The number of hydrogen-bond donors (Lipinski definition) is 2. The molecule has 2 heterocycles. The molecular formula is C18H30N6O. The summed E-state index contributed by atoms with van der Waals surface area (Å²) in [4.78, 5) is 25.0. The number of rotatable bonds is 7. The maximum Gasteiger partial charge on any atom is 0.224 e. The van der Waals surface area contributed by atoms with Crippen LogP contribution in [-0.2, 0) is 4.79 Å². The number of carbonyl (C=O) groups excluding carboxylic acids is 1. The fourth-order valence-corrected chi connectivity index (χ4v) is 2.68. The number of piperazine rings is 1. The Morgan fingerprint density at radius 3 is 2.72 bits per heavy atom. The molecule has 2 rings (SSSR count). The highest BCUT2D eigenvalue weighted by atomic mass is 16.2. The van der Waals surface area contributed by atoms with Gasteiger partial charge in [-0.15, -0.1) is 0 Å². The molecule has 0 saturated carbocycles. The van der Waals surface area contributed by atoms with E-state index in [-0.39, 0.29) is 5.91 Å². The van der Waals surface area contributed by atoms with Gasteiger partial charge < -0.3 is 20.9 Å². The van der Waals surface area contributed by atoms with Gasteiger partial charge in [-0.25, -0.2) is 4.98 Å². The Morgan fingerprint density at radius 2 is 2.08 bits per heavy atom. The first-order chi connectivity index (χ1) is 12.1. The van der Waals surface area contributed by atoms with Gasteiger partial charge in [0.2, 0.25) is 5.91 Å². The van der Waals surface area contributed by atoms with Crippen LogP contribution >= 0.6 is 0 Å². The van der Waals surface area contributed by atoms with Crippen molar-refractivity contribution < 1.29 is 4.79 Å². The van der Waals surface area contributed by atoms with Gasteiger partial charge in [0.25, 0.3) is 0 Å². The minimum Gasteiger partial charge on any atom is -0.370 e. The molecule has 1 aromatic heterocycles. The van der Waals surface area contributed by atoms with Crippen molar-refractivity contribution in [1.82, 2.24) is 15.2 Å². The molecule has 0 unspecified atom stereocenters. The van der Waals surface area contributed by atoms with Crippen LogP contribution < -0.4 is 16.0 Å². The minimum absolute atomic E-state index is 0.156. The van der Waals surface area contributed by atoms with Gasteiger partial charge in [-0.1, -0.05) is 19.9 Å². The second-order valence-corrected chi connectivity index (χ2v) is 6.68. The second kappa shape index (κ2) is 9.86. The quantitative estimate of drug-likeness (QED) is 0.570. The zero-order valence-corrected chi connectivity index (χ0v) is 15.3. The fraction of sp³-hybridized carbons (Fsp3) is 0.611. The zero-order valence-electron chi connectivity index (χ0n) is 15.3. The van der Waals surface area contributed by atoms with Gasteiger partial charge in [0.15, 0.2) is 5.96 Å². The summed E-state index contributed by atoms with van der Waals surface area (Å²) in [5.41, 5.74) is 5.81. The largest absolute Gasteiger partial charge is 0.370 e. The number of amides is 1. The van der Waals surface area contributed by atoms with Crippen molar-refractivity contribution in [3.8, 4) is 0 Å². The van der Waals surface area contributed by atoms with Crippen LogP contribution in [0, 0.1) is 5.92 Å². The Morgan fingerprint density at radius 1 is 1.32 bits per heavy atom. The fourth-order valence-electron chi connectivity index (χ4n) is 2.68. The van der Waals surface area contributed by atoms with E-state index >= 15 is 0 Å². The van der Waals surface area contributed by atoms with Crippen LogP contribution in [0.3, 0.4) is 0 Å². The van der Waals surface area contributed by atoms with Gasteiger partial charge in [-0.3, -0.25) is 9.79 Å². The summed E-state index contributed by atoms with van der Waals surface area (Å²) in [6, 6.07) is 5.90. The number of guanidine groups is 1. The van der Waals surface area contributed by atoms with Crippen LogP contribution in [0.2, 0.25) is 0 Å². The Labute approximate surface area is 150 Å². The molecule has 25 heavy (non-hydrogen) atoms. The lowest BCUT2D eigenvalue weighted by Gasteiger charge is -2.35. The van der Waals surface area contributed by atoms with Crippen molar-refractivity contribution in [2.45, 2.75) is 26.7 Å². The number of nitrogens with two attached hydrogens (primary N) is 1. The molecule has 3 N–H and O–H groups in total. The number of anilines is 1. The highest BCUT2D eigenvalue weighted by Crippen LogP contribution is 2.12. The third-order valence-corrected chi connectivity index (χ3v) is 4.24. The lowest BCUT2D eigenvalue weighted by molar-refractivity contribution is -0.131. The molecule has 7 nitrogen and oxygen atoms in total. The van der Waals surface area contributed by atoms with Crippen molar-refractivity contribution >= 4 is 17.7 Å². The molecule has 138 valence electrons. The standard InChI is InChI=1S/C18H30N6O/c1-15(2)6-9-21-18(19)22-10-7-17(25)24-13-11-23(12-14-24)16-5-3-4-8-20-16/h3-5,8,15H,6-7,9-14H2,1-2H3,(H3,19,21,22). The van der Waals surface area contributed by atoms with E-state index in [0.717, 1.165) is 45.0 Å². The highest BCUT2D eigenvalue weighted by Gasteiger charge is 2.21. The zero-order chi connectivity index (χ0) is 18.1. The summed E-state index contributed by atoms with van der Waals surface area (Å²) in [6.45, 7) is 8.65. The minimum atomic E-state index is 0.156. The molecule has 0 bridgehead atoms. The molecule has 1 aliphatic rings. The molecule has 1 aliphatic heterocycles. The highest BCUT2D eigenvalue weighted by molar-refractivity contribution is 5.80. The Balaban J connectivity index is 1.65. The molecule has 1 fully saturated rings. The van der Waals surface area contributed by atoms with Gasteiger partial charge >= 0.3 is 0 Å². The van der Waals surface area contributed by atoms with Crippen LogP contribution in [0.1, 0.15) is 26.7 Å². The Hall–Kier alpha value is -2.31. The number of carbonyl (C=O) groups is 1. The van der Waals surface area contributed by atoms with Crippen LogP contribution in [0.25, 0.3) is 0 Å². The van der Waals surface area contributed by atoms with E-state index in [1.807, 2.05) is 23.1 Å². The third kappa shape index (κ3) is 6.60. The molecule has 0 spiro atoms. The molecule has 0 atom stereocenters. The summed E-state index contributed by atoms with van der Waals surface area (Å²) in [7, 11) is 0. The maximum atomic E-state index is 12.3. The van der Waals surface area contributed by atoms with Crippen LogP contribution in [0.4, 0.5) is 5.82 Å². The van der Waals surface area contributed by atoms with Crippen LogP contribution in [0.5, 0.6) is 0 Å². The van der Waals surface area contributed by atoms with E-state index in [0.29, 0.717) is 24.8 Å². The molecule has 1 amide bonds. The lowest BCUT2D eigenvalue weighted by atomic mass is 10.1. The summed E-state index contributed by atoms with van der Waals surface area (Å²) in [5.74, 6) is 2.17. The summed E-state index contributed by atoms with van der Waals surface area (Å²) < 4.78 is 0. The summed E-state index contributed by atoms with van der Waals surface area (Å²) in [6.07, 6.45) is 3.25. The first kappa shape index (κ1) is 19.0. The number of nitrogens with one attached hydrogen (secondary N) is 1. The van der Waals surface area contributed by atoms with Gasteiger partial charge in [0.05, 0.1) is 0 Å². The van der Waals surface area contributed by atoms with Gasteiger partial charge in [-0.2, -0.15) is 0 Å². The van der Waals surface area contributed by atoms with E-state index in [1.165, 1.54) is 0 Å². The van der Waals surface area contributed by atoms with Crippen molar-refractivity contribution in [1.29, 1.82) is 0 Å². The molecule has 7 heteroatoms.